The van der Waals surface area contributed by atoms with Crippen LogP contribution in [0.3, 0.4) is 0 Å². The number of carbonyl (C=O) groups excluding carboxylic acids is 1. The number of hydrogen-bond acceptors (Lipinski definition) is 3. The molecule has 2 heterocycles. The number of nitrogens with one attached hydrogen (secondary N) is 2. The summed E-state index contributed by atoms with van der Waals surface area (Å²) in [6.07, 6.45) is 0. The predicted molar refractivity (Wildman–Crippen MR) is 105 cm³/mol. The average molecular weight is 360 g/mol. The maximum absolute atomic E-state index is 12.9. The van der Waals surface area contributed by atoms with Crippen molar-refractivity contribution in [3.05, 3.63) is 105 Å². The summed E-state index contributed by atoms with van der Waals surface area (Å²) < 4.78 is 0. The van der Waals surface area contributed by atoms with E-state index in [1.807, 2.05) is 72.1 Å². The number of carbonyl (C=O) groups is 1. The maximum atomic E-state index is 12.9. The lowest BCUT2D eigenvalue weighted by Gasteiger charge is -2.18. The van der Waals surface area contributed by atoms with Crippen molar-refractivity contribution in [2.75, 3.05) is 0 Å². The summed E-state index contributed by atoms with van der Waals surface area (Å²) in [5, 5.41) is 5.81. The number of aromatic nitrogens is 1. The van der Waals surface area contributed by atoms with Gasteiger partial charge in [-0.05, 0) is 34.5 Å². The van der Waals surface area contributed by atoms with E-state index in [9.17, 15) is 9.59 Å². The number of aromatic amines is 1. The molecule has 1 atom stereocenters. The first-order valence-corrected chi connectivity index (χ1v) is 9.11. The zero-order chi connectivity index (χ0) is 17.9. The summed E-state index contributed by atoms with van der Waals surface area (Å²) in [4.78, 5) is 29.0. The van der Waals surface area contributed by atoms with Crippen molar-refractivity contribution in [2.24, 2.45) is 0 Å². The topological polar surface area (TPSA) is 62.0 Å². The third-order valence-electron chi connectivity index (χ3n) is 4.23. The van der Waals surface area contributed by atoms with E-state index >= 15 is 0 Å². The Morgan fingerprint density at radius 1 is 0.962 bits per heavy atom. The van der Waals surface area contributed by atoms with E-state index < -0.39 is 0 Å². The summed E-state index contributed by atoms with van der Waals surface area (Å²) in [7, 11) is 0. The van der Waals surface area contributed by atoms with Gasteiger partial charge in [-0.1, -0.05) is 54.6 Å². The zero-order valence-electron chi connectivity index (χ0n) is 13.8. The standard InChI is InChI=1S/C21H16N2O2S/c24-20-16(13-15-9-4-5-10-17(15)22-20)21(25)23-19(18-11-6-12-26-18)14-7-2-1-3-8-14/h1-13,19H,(H,22,24)(H,23,25)/t19-/m0/s1. The lowest BCUT2D eigenvalue weighted by molar-refractivity contribution is 0.0942. The minimum Gasteiger partial charge on any atom is -0.340 e. The van der Waals surface area contributed by atoms with Gasteiger partial charge in [0.15, 0.2) is 0 Å². The highest BCUT2D eigenvalue weighted by Crippen LogP contribution is 2.26. The molecule has 2 aromatic heterocycles. The molecular weight excluding hydrogens is 344 g/mol. The number of hydrogen-bond donors (Lipinski definition) is 2. The van der Waals surface area contributed by atoms with Crippen LogP contribution in [0.25, 0.3) is 10.9 Å². The fourth-order valence-electron chi connectivity index (χ4n) is 2.94. The lowest BCUT2D eigenvalue weighted by Crippen LogP contribution is -2.33. The fourth-order valence-corrected chi connectivity index (χ4v) is 3.75. The van der Waals surface area contributed by atoms with Gasteiger partial charge >= 0.3 is 0 Å². The number of thiophene rings is 1. The third-order valence-corrected chi connectivity index (χ3v) is 5.17. The Kier molecular flexibility index (Phi) is 4.37. The summed E-state index contributed by atoms with van der Waals surface area (Å²) in [6, 6.07) is 22.4. The number of pyridine rings is 1. The van der Waals surface area contributed by atoms with Crippen molar-refractivity contribution in [3.8, 4) is 0 Å². The molecule has 2 N–H and O–H groups in total. The second-order valence-electron chi connectivity index (χ2n) is 5.93. The number of H-pyrrole nitrogens is 1. The monoisotopic (exact) mass is 360 g/mol. The molecule has 0 radical (unpaired) electrons. The van der Waals surface area contributed by atoms with Crippen molar-refractivity contribution in [1.29, 1.82) is 0 Å². The van der Waals surface area contributed by atoms with Gasteiger partial charge in [0.2, 0.25) is 0 Å². The lowest BCUT2D eigenvalue weighted by atomic mass is 10.0. The molecule has 0 unspecified atom stereocenters. The van der Waals surface area contributed by atoms with Crippen LogP contribution in [0.1, 0.15) is 26.8 Å². The molecule has 4 nitrogen and oxygen atoms in total. The van der Waals surface area contributed by atoms with Crippen LogP contribution in [-0.2, 0) is 0 Å². The first-order valence-electron chi connectivity index (χ1n) is 8.23. The molecule has 0 saturated heterocycles. The number of para-hydroxylation sites is 1. The zero-order valence-corrected chi connectivity index (χ0v) is 14.6. The smallest absolute Gasteiger partial charge is 0.261 e. The van der Waals surface area contributed by atoms with Crippen molar-refractivity contribution in [2.45, 2.75) is 6.04 Å². The van der Waals surface area contributed by atoms with E-state index in [2.05, 4.69) is 10.3 Å². The van der Waals surface area contributed by atoms with E-state index in [4.69, 9.17) is 0 Å². The first-order chi connectivity index (χ1) is 12.7. The van der Waals surface area contributed by atoms with Gasteiger partial charge in [0.1, 0.15) is 5.56 Å². The Hall–Kier alpha value is -3.18. The van der Waals surface area contributed by atoms with Crippen LogP contribution in [0.15, 0.2) is 83.0 Å². The van der Waals surface area contributed by atoms with E-state index in [1.165, 1.54) is 0 Å². The van der Waals surface area contributed by atoms with Gasteiger partial charge in [0.25, 0.3) is 11.5 Å². The quantitative estimate of drug-likeness (QED) is 0.575. The van der Waals surface area contributed by atoms with E-state index in [0.717, 1.165) is 15.8 Å². The van der Waals surface area contributed by atoms with Gasteiger partial charge < -0.3 is 10.3 Å². The number of fused-ring (bicyclic) bond motifs is 1. The molecule has 26 heavy (non-hydrogen) atoms. The molecule has 128 valence electrons. The number of rotatable bonds is 4. The normalized spacial score (nSPS) is 12.0. The maximum Gasteiger partial charge on any atom is 0.261 e. The Morgan fingerprint density at radius 2 is 1.73 bits per heavy atom. The molecule has 0 spiro atoms. The van der Waals surface area contributed by atoms with Gasteiger partial charge in [0, 0.05) is 10.4 Å². The van der Waals surface area contributed by atoms with Crippen LogP contribution in [0.2, 0.25) is 0 Å². The van der Waals surface area contributed by atoms with Crippen LogP contribution in [-0.4, -0.2) is 10.9 Å². The molecular formula is C21H16N2O2S. The van der Waals surface area contributed by atoms with Crippen LogP contribution in [0.4, 0.5) is 0 Å². The SMILES string of the molecule is O=C(N[C@@H](c1ccccc1)c1cccs1)c1cc2ccccc2[nH]c1=O. The van der Waals surface area contributed by atoms with Gasteiger partial charge in [-0.2, -0.15) is 0 Å². The van der Waals surface area contributed by atoms with Crippen LogP contribution < -0.4 is 10.9 Å². The molecule has 0 aliphatic rings. The molecule has 1 amide bonds. The van der Waals surface area contributed by atoms with Crippen LogP contribution in [0, 0.1) is 0 Å². The van der Waals surface area contributed by atoms with Gasteiger partial charge in [0.05, 0.1) is 6.04 Å². The minimum atomic E-state index is -0.390. The van der Waals surface area contributed by atoms with Gasteiger partial charge in [-0.15, -0.1) is 11.3 Å². The van der Waals surface area contributed by atoms with E-state index in [1.54, 1.807) is 17.4 Å². The van der Waals surface area contributed by atoms with Crippen molar-refractivity contribution >= 4 is 28.1 Å². The molecule has 4 rings (SSSR count). The Bertz CT molecular complexity index is 1100. The molecule has 0 aliphatic carbocycles. The number of amides is 1. The highest BCUT2D eigenvalue weighted by Gasteiger charge is 2.20. The van der Waals surface area contributed by atoms with Crippen molar-refractivity contribution in [1.82, 2.24) is 10.3 Å². The van der Waals surface area contributed by atoms with Gasteiger partial charge in [-0.3, -0.25) is 9.59 Å². The Labute approximate surface area is 154 Å². The van der Waals surface area contributed by atoms with Crippen molar-refractivity contribution in [3.63, 3.8) is 0 Å². The molecule has 0 bridgehead atoms. The second kappa shape index (κ2) is 6.98. The number of benzene rings is 2. The summed E-state index contributed by atoms with van der Waals surface area (Å²) in [5.41, 5.74) is 1.41. The molecule has 5 heteroatoms. The average Bonchev–Trinajstić information content (AvgIpc) is 3.20. The van der Waals surface area contributed by atoms with E-state index in [-0.39, 0.29) is 23.1 Å². The molecule has 0 fully saturated rings. The fraction of sp³-hybridized carbons (Fsp3) is 0.0476. The van der Waals surface area contributed by atoms with E-state index in [0.29, 0.717) is 5.52 Å². The molecule has 2 aromatic carbocycles. The summed E-state index contributed by atoms with van der Waals surface area (Å²) in [5.74, 6) is -0.390. The Balaban J connectivity index is 1.71. The molecule has 0 saturated carbocycles. The Morgan fingerprint density at radius 3 is 2.50 bits per heavy atom. The predicted octanol–water partition coefficient (Wildman–Crippen LogP) is 4.11. The summed E-state index contributed by atoms with van der Waals surface area (Å²) in [6.45, 7) is 0. The highest BCUT2D eigenvalue weighted by atomic mass is 32.1. The molecule has 0 aliphatic heterocycles. The first kappa shape index (κ1) is 16.3. The van der Waals surface area contributed by atoms with Crippen molar-refractivity contribution < 1.29 is 4.79 Å². The van der Waals surface area contributed by atoms with Crippen LogP contribution >= 0.6 is 11.3 Å². The largest absolute Gasteiger partial charge is 0.340 e. The highest BCUT2D eigenvalue weighted by molar-refractivity contribution is 7.10. The minimum absolute atomic E-state index is 0.112. The molecule has 4 aromatic rings. The summed E-state index contributed by atoms with van der Waals surface area (Å²) >= 11 is 1.57. The second-order valence-corrected chi connectivity index (χ2v) is 6.91. The van der Waals surface area contributed by atoms with Gasteiger partial charge in [-0.25, -0.2) is 0 Å². The third kappa shape index (κ3) is 3.17. The van der Waals surface area contributed by atoms with Crippen LogP contribution in [0.5, 0.6) is 0 Å².